The Morgan fingerprint density at radius 3 is 2.64 bits per heavy atom. The molecule has 0 unspecified atom stereocenters. The van der Waals surface area contributed by atoms with Gasteiger partial charge in [-0.1, -0.05) is 29.3 Å². The molecule has 0 aliphatic rings. The largest absolute Gasteiger partial charge is 0.478 e. The van der Waals surface area contributed by atoms with E-state index in [0.717, 1.165) is 17.2 Å². The normalized spacial score (nSPS) is 10.8. The predicted molar refractivity (Wildman–Crippen MR) is 57.9 cm³/mol. The smallest absolute Gasteiger partial charge is 0.328 e. The molecular formula is C10H8Cl2O2. The molecule has 0 fully saturated rings. The molecule has 0 saturated carbocycles. The Morgan fingerprint density at radius 1 is 1.43 bits per heavy atom. The van der Waals surface area contributed by atoms with Gasteiger partial charge in [-0.2, -0.15) is 0 Å². The lowest BCUT2D eigenvalue weighted by molar-refractivity contribution is -0.131. The molecule has 0 saturated heterocycles. The van der Waals surface area contributed by atoms with E-state index >= 15 is 0 Å². The van der Waals surface area contributed by atoms with Crippen LogP contribution in [0.25, 0.3) is 6.08 Å². The minimum Gasteiger partial charge on any atom is -0.478 e. The molecule has 0 atom stereocenters. The summed E-state index contributed by atoms with van der Waals surface area (Å²) >= 11 is 11.7. The molecule has 0 aromatic heterocycles. The lowest BCUT2D eigenvalue weighted by atomic mass is 10.1. The van der Waals surface area contributed by atoms with Crippen molar-refractivity contribution in [2.24, 2.45) is 0 Å². The molecule has 0 heterocycles. The van der Waals surface area contributed by atoms with Crippen molar-refractivity contribution in [2.75, 3.05) is 0 Å². The summed E-state index contributed by atoms with van der Waals surface area (Å²) in [5.41, 5.74) is 1.53. The van der Waals surface area contributed by atoms with Crippen molar-refractivity contribution in [3.8, 4) is 0 Å². The minimum atomic E-state index is -0.990. The molecule has 1 aromatic carbocycles. The third kappa shape index (κ3) is 2.50. The molecule has 0 spiro atoms. The topological polar surface area (TPSA) is 37.3 Å². The number of carbonyl (C=O) groups is 1. The number of hydrogen-bond acceptors (Lipinski definition) is 1. The van der Waals surface area contributed by atoms with Crippen molar-refractivity contribution in [1.82, 2.24) is 0 Å². The first kappa shape index (κ1) is 11.1. The molecule has 2 nitrogen and oxygen atoms in total. The van der Waals surface area contributed by atoms with E-state index in [1.54, 1.807) is 19.1 Å². The van der Waals surface area contributed by atoms with E-state index in [0.29, 0.717) is 10.0 Å². The molecule has 0 radical (unpaired) electrons. The van der Waals surface area contributed by atoms with Crippen LogP contribution in [0.1, 0.15) is 11.1 Å². The summed E-state index contributed by atoms with van der Waals surface area (Å²) in [6, 6.07) is 3.36. The number of halogens is 2. The molecule has 14 heavy (non-hydrogen) atoms. The highest BCUT2D eigenvalue weighted by Gasteiger charge is 2.04. The number of rotatable bonds is 2. The quantitative estimate of drug-likeness (QED) is 0.792. The Hall–Kier alpha value is -0.990. The maximum Gasteiger partial charge on any atom is 0.328 e. The number of aliphatic carboxylic acids is 1. The number of carboxylic acids is 1. The van der Waals surface area contributed by atoms with E-state index in [2.05, 4.69) is 0 Å². The van der Waals surface area contributed by atoms with E-state index in [1.165, 1.54) is 6.08 Å². The second-order valence-corrected chi connectivity index (χ2v) is 3.53. The van der Waals surface area contributed by atoms with Crippen molar-refractivity contribution in [1.29, 1.82) is 0 Å². The Bertz CT molecular complexity index is 397. The molecule has 1 N–H and O–H groups in total. The lowest BCUT2D eigenvalue weighted by Crippen LogP contribution is -1.88. The van der Waals surface area contributed by atoms with Crippen molar-refractivity contribution in [3.05, 3.63) is 39.4 Å². The number of benzene rings is 1. The fraction of sp³-hybridized carbons (Fsp3) is 0.100. The molecule has 0 amide bonds. The van der Waals surface area contributed by atoms with Crippen LogP contribution in [0.5, 0.6) is 0 Å². The highest BCUT2D eigenvalue weighted by Crippen LogP contribution is 2.28. The fourth-order valence-corrected chi connectivity index (χ4v) is 1.39. The van der Waals surface area contributed by atoms with Gasteiger partial charge in [0.05, 0.1) is 10.0 Å². The highest BCUT2D eigenvalue weighted by molar-refractivity contribution is 6.42. The molecule has 74 valence electrons. The zero-order valence-corrected chi connectivity index (χ0v) is 8.93. The SMILES string of the molecule is Cc1c(C=CC(=O)O)ccc(Cl)c1Cl. The molecule has 1 aromatic rings. The average Bonchev–Trinajstić information content (AvgIpc) is 2.13. The Labute approximate surface area is 91.8 Å². The van der Waals surface area contributed by atoms with Crippen molar-refractivity contribution >= 4 is 35.2 Å². The van der Waals surface area contributed by atoms with Crippen LogP contribution in [-0.4, -0.2) is 11.1 Å². The highest BCUT2D eigenvalue weighted by atomic mass is 35.5. The van der Waals surface area contributed by atoms with Gasteiger partial charge in [0, 0.05) is 6.08 Å². The van der Waals surface area contributed by atoms with Crippen LogP contribution in [0.3, 0.4) is 0 Å². The van der Waals surface area contributed by atoms with Gasteiger partial charge in [0.25, 0.3) is 0 Å². The summed E-state index contributed by atoms with van der Waals surface area (Å²) in [4.78, 5) is 10.3. The summed E-state index contributed by atoms with van der Waals surface area (Å²) in [7, 11) is 0. The maximum atomic E-state index is 10.3. The number of carboxylic acid groups (broad SMARTS) is 1. The molecule has 0 bridgehead atoms. The van der Waals surface area contributed by atoms with E-state index in [9.17, 15) is 4.79 Å². The zero-order chi connectivity index (χ0) is 10.7. The molecule has 0 aliphatic carbocycles. The third-order valence-corrected chi connectivity index (χ3v) is 2.69. The standard InChI is InChI=1S/C10H8Cl2O2/c1-6-7(3-5-9(13)14)2-4-8(11)10(6)12/h2-5H,1H3,(H,13,14). The maximum absolute atomic E-state index is 10.3. The van der Waals surface area contributed by atoms with Crippen molar-refractivity contribution in [3.63, 3.8) is 0 Å². The molecule has 1 rings (SSSR count). The van der Waals surface area contributed by atoms with Crippen LogP contribution in [0, 0.1) is 6.92 Å². The van der Waals surface area contributed by atoms with Gasteiger partial charge < -0.3 is 5.11 Å². The summed E-state index contributed by atoms with van der Waals surface area (Å²) < 4.78 is 0. The van der Waals surface area contributed by atoms with Gasteiger partial charge in [-0.3, -0.25) is 0 Å². The zero-order valence-electron chi connectivity index (χ0n) is 7.42. The number of hydrogen-bond donors (Lipinski definition) is 1. The molecule has 4 heteroatoms. The van der Waals surface area contributed by atoms with Crippen LogP contribution in [0.2, 0.25) is 10.0 Å². The van der Waals surface area contributed by atoms with E-state index in [-0.39, 0.29) is 0 Å². The van der Waals surface area contributed by atoms with Gasteiger partial charge in [-0.05, 0) is 30.2 Å². The summed E-state index contributed by atoms with van der Waals surface area (Å²) in [5.74, 6) is -0.990. The Balaban J connectivity index is 3.12. The van der Waals surface area contributed by atoms with E-state index in [1.807, 2.05) is 0 Å². The van der Waals surface area contributed by atoms with Gasteiger partial charge >= 0.3 is 5.97 Å². The summed E-state index contributed by atoms with van der Waals surface area (Å²) in [5, 5.41) is 9.37. The first-order valence-corrected chi connectivity index (χ1v) is 4.63. The van der Waals surface area contributed by atoms with Crippen molar-refractivity contribution in [2.45, 2.75) is 6.92 Å². The van der Waals surface area contributed by atoms with Crippen LogP contribution in [0.15, 0.2) is 18.2 Å². The van der Waals surface area contributed by atoms with Gasteiger partial charge in [-0.15, -0.1) is 0 Å². The fourth-order valence-electron chi connectivity index (χ4n) is 1.01. The van der Waals surface area contributed by atoms with Gasteiger partial charge in [0.15, 0.2) is 0 Å². The van der Waals surface area contributed by atoms with E-state index in [4.69, 9.17) is 28.3 Å². The predicted octanol–water partition coefficient (Wildman–Crippen LogP) is 3.40. The lowest BCUT2D eigenvalue weighted by Gasteiger charge is -2.03. The first-order valence-electron chi connectivity index (χ1n) is 3.88. The van der Waals surface area contributed by atoms with Crippen LogP contribution in [-0.2, 0) is 4.79 Å². The molecule has 0 aliphatic heterocycles. The monoisotopic (exact) mass is 230 g/mol. The van der Waals surface area contributed by atoms with Crippen LogP contribution >= 0.6 is 23.2 Å². The third-order valence-electron chi connectivity index (χ3n) is 1.79. The Kier molecular flexibility index (Phi) is 3.55. The minimum absolute atomic E-state index is 0.458. The second-order valence-electron chi connectivity index (χ2n) is 2.75. The summed E-state index contributed by atoms with van der Waals surface area (Å²) in [6.07, 6.45) is 2.55. The average molecular weight is 231 g/mol. The summed E-state index contributed by atoms with van der Waals surface area (Å²) in [6.45, 7) is 1.79. The van der Waals surface area contributed by atoms with Gasteiger partial charge in [0.1, 0.15) is 0 Å². The Morgan fingerprint density at radius 2 is 2.07 bits per heavy atom. The van der Waals surface area contributed by atoms with Gasteiger partial charge in [0.2, 0.25) is 0 Å². The van der Waals surface area contributed by atoms with Crippen LogP contribution in [0.4, 0.5) is 0 Å². The van der Waals surface area contributed by atoms with Crippen molar-refractivity contribution < 1.29 is 9.90 Å². The van der Waals surface area contributed by atoms with E-state index < -0.39 is 5.97 Å². The molecular weight excluding hydrogens is 223 g/mol. The van der Waals surface area contributed by atoms with Crippen LogP contribution < -0.4 is 0 Å². The van der Waals surface area contributed by atoms with Gasteiger partial charge in [-0.25, -0.2) is 4.79 Å². The first-order chi connectivity index (χ1) is 6.52. The second kappa shape index (κ2) is 4.49.